The molecule has 2 heterocycles. The van der Waals surface area contributed by atoms with Crippen molar-refractivity contribution >= 4 is 12.0 Å². The predicted octanol–water partition coefficient (Wildman–Crippen LogP) is -0.375. The van der Waals surface area contributed by atoms with Gasteiger partial charge in [0.1, 0.15) is 0 Å². The summed E-state index contributed by atoms with van der Waals surface area (Å²) >= 11 is 0. The van der Waals surface area contributed by atoms with Gasteiger partial charge in [-0.2, -0.15) is 0 Å². The average Bonchev–Trinajstić information content (AvgIpc) is 3.00. The number of hydrogen-bond acceptors (Lipinski definition) is 4. The van der Waals surface area contributed by atoms with Crippen molar-refractivity contribution in [2.45, 2.75) is 24.8 Å². The van der Waals surface area contributed by atoms with Crippen LogP contribution in [-0.2, 0) is 9.53 Å². The summed E-state index contributed by atoms with van der Waals surface area (Å²) in [5.41, 5.74) is -1.27. The lowest BCUT2D eigenvalue weighted by Crippen LogP contribution is -2.58. The Morgan fingerprint density at radius 1 is 1.32 bits per heavy atom. The standard InChI is InChI=1S/C12H21N3O4/c16-10(17)12(3-8-19-9-12)14-11(18)13-4-7-15-5-1-2-6-15/h1-9H2,(H,16,17)(H2,13,14,18). The Labute approximate surface area is 112 Å². The molecule has 0 aliphatic carbocycles. The zero-order chi connectivity index (χ0) is 13.7. The van der Waals surface area contributed by atoms with Crippen LogP contribution in [0.3, 0.4) is 0 Å². The molecular weight excluding hydrogens is 250 g/mol. The highest BCUT2D eigenvalue weighted by atomic mass is 16.5. The van der Waals surface area contributed by atoms with E-state index in [0.717, 1.165) is 19.6 Å². The van der Waals surface area contributed by atoms with E-state index in [1.54, 1.807) is 0 Å². The summed E-state index contributed by atoms with van der Waals surface area (Å²) < 4.78 is 5.08. The Morgan fingerprint density at radius 3 is 2.63 bits per heavy atom. The van der Waals surface area contributed by atoms with Gasteiger partial charge in [-0.15, -0.1) is 0 Å². The molecule has 1 atom stereocenters. The van der Waals surface area contributed by atoms with Crippen molar-refractivity contribution in [1.29, 1.82) is 0 Å². The molecule has 0 aromatic rings. The summed E-state index contributed by atoms with van der Waals surface area (Å²) in [6.45, 7) is 3.89. The van der Waals surface area contributed by atoms with Gasteiger partial charge in [0.05, 0.1) is 6.61 Å². The third kappa shape index (κ3) is 3.57. The molecule has 3 N–H and O–H groups in total. The summed E-state index contributed by atoms with van der Waals surface area (Å²) in [4.78, 5) is 25.2. The van der Waals surface area contributed by atoms with E-state index in [1.165, 1.54) is 12.8 Å². The Morgan fingerprint density at radius 2 is 2.05 bits per heavy atom. The molecule has 2 rings (SSSR count). The normalized spacial score (nSPS) is 27.4. The van der Waals surface area contributed by atoms with E-state index >= 15 is 0 Å². The highest BCUT2D eigenvalue weighted by Gasteiger charge is 2.43. The summed E-state index contributed by atoms with van der Waals surface area (Å²) in [6.07, 6.45) is 2.74. The molecule has 2 aliphatic heterocycles. The van der Waals surface area contributed by atoms with Crippen LogP contribution in [0.1, 0.15) is 19.3 Å². The number of likely N-dealkylation sites (tertiary alicyclic amines) is 1. The molecule has 0 saturated carbocycles. The van der Waals surface area contributed by atoms with Gasteiger partial charge >= 0.3 is 12.0 Å². The number of carbonyl (C=O) groups is 2. The van der Waals surface area contributed by atoms with Gasteiger partial charge in [-0.05, 0) is 25.9 Å². The molecule has 0 aromatic heterocycles. The number of ether oxygens (including phenoxy) is 1. The Bertz CT molecular complexity index is 336. The predicted molar refractivity (Wildman–Crippen MR) is 68.0 cm³/mol. The molecule has 0 bridgehead atoms. The summed E-state index contributed by atoms with van der Waals surface area (Å²) in [5, 5.41) is 14.4. The van der Waals surface area contributed by atoms with Crippen LogP contribution in [0.4, 0.5) is 4.79 Å². The molecule has 7 heteroatoms. The molecule has 0 spiro atoms. The largest absolute Gasteiger partial charge is 0.479 e. The quantitative estimate of drug-likeness (QED) is 0.634. The highest BCUT2D eigenvalue weighted by molar-refractivity contribution is 5.86. The molecule has 19 heavy (non-hydrogen) atoms. The minimum absolute atomic E-state index is 0.0296. The maximum Gasteiger partial charge on any atom is 0.332 e. The molecule has 108 valence electrons. The zero-order valence-electron chi connectivity index (χ0n) is 11.0. The Balaban J connectivity index is 1.72. The lowest BCUT2D eigenvalue weighted by atomic mass is 9.99. The third-order valence-corrected chi connectivity index (χ3v) is 3.70. The molecule has 2 saturated heterocycles. The number of hydrogen-bond donors (Lipinski definition) is 3. The number of nitrogens with zero attached hydrogens (tertiary/aromatic N) is 1. The van der Waals surface area contributed by atoms with Gasteiger partial charge in [0, 0.05) is 26.1 Å². The molecular formula is C12H21N3O4. The van der Waals surface area contributed by atoms with Crippen LogP contribution in [0.25, 0.3) is 0 Å². The van der Waals surface area contributed by atoms with Crippen LogP contribution >= 0.6 is 0 Å². The Hall–Kier alpha value is -1.34. The molecule has 2 aliphatic rings. The van der Waals surface area contributed by atoms with E-state index in [2.05, 4.69) is 15.5 Å². The zero-order valence-corrected chi connectivity index (χ0v) is 11.0. The fourth-order valence-corrected chi connectivity index (χ4v) is 2.48. The highest BCUT2D eigenvalue weighted by Crippen LogP contribution is 2.18. The van der Waals surface area contributed by atoms with E-state index < -0.39 is 17.5 Å². The maximum absolute atomic E-state index is 11.7. The molecule has 7 nitrogen and oxygen atoms in total. The molecule has 0 aromatic carbocycles. The first-order valence-electron chi connectivity index (χ1n) is 6.72. The summed E-state index contributed by atoms with van der Waals surface area (Å²) in [5.74, 6) is -1.04. The van der Waals surface area contributed by atoms with Crippen molar-refractivity contribution < 1.29 is 19.4 Å². The van der Waals surface area contributed by atoms with E-state index in [4.69, 9.17) is 4.74 Å². The number of carboxylic acids is 1. The van der Waals surface area contributed by atoms with Gasteiger partial charge in [-0.3, -0.25) is 0 Å². The summed E-state index contributed by atoms with van der Waals surface area (Å²) in [7, 11) is 0. The molecule has 2 fully saturated rings. The van der Waals surface area contributed by atoms with Crippen LogP contribution in [0.15, 0.2) is 0 Å². The first kappa shape index (κ1) is 14.1. The van der Waals surface area contributed by atoms with Crippen LogP contribution in [-0.4, -0.2) is 66.9 Å². The van der Waals surface area contributed by atoms with Crippen molar-refractivity contribution in [2.75, 3.05) is 39.4 Å². The maximum atomic E-state index is 11.7. The second-order valence-electron chi connectivity index (χ2n) is 5.12. The first-order valence-corrected chi connectivity index (χ1v) is 6.72. The number of urea groups is 1. The van der Waals surface area contributed by atoms with Gasteiger partial charge in [-0.25, -0.2) is 9.59 Å². The van der Waals surface area contributed by atoms with Crippen molar-refractivity contribution in [1.82, 2.24) is 15.5 Å². The van der Waals surface area contributed by atoms with Crippen molar-refractivity contribution in [2.24, 2.45) is 0 Å². The van der Waals surface area contributed by atoms with Crippen LogP contribution in [0.5, 0.6) is 0 Å². The lowest BCUT2D eigenvalue weighted by molar-refractivity contribution is -0.144. The van der Waals surface area contributed by atoms with E-state index in [1.807, 2.05) is 0 Å². The van der Waals surface area contributed by atoms with E-state index in [0.29, 0.717) is 19.6 Å². The van der Waals surface area contributed by atoms with Gasteiger partial charge in [0.25, 0.3) is 0 Å². The molecule has 2 amide bonds. The average molecular weight is 271 g/mol. The number of nitrogens with one attached hydrogen (secondary N) is 2. The van der Waals surface area contributed by atoms with Crippen molar-refractivity contribution in [3.05, 3.63) is 0 Å². The topological polar surface area (TPSA) is 90.9 Å². The number of aliphatic carboxylic acids is 1. The van der Waals surface area contributed by atoms with Crippen LogP contribution < -0.4 is 10.6 Å². The van der Waals surface area contributed by atoms with Gasteiger partial charge in [0.15, 0.2) is 5.54 Å². The fraction of sp³-hybridized carbons (Fsp3) is 0.833. The van der Waals surface area contributed by atoms with Gasteiger partial charge < -0.3 is 25.4 Å². The van der Waals surface area contributed by atoms with Gasteiger partial charge in [-0.1, -0.05) is 0 Å². The number of amides is 2. The Kier molecular flexibility index (Phi) is 4.60. The third-order valence-electron chi connectivity index (χ3n) is 3.70. The summed E-state index contributed by atoms with van der Waals surface area (Å²) in [6, 6.07) is -0.438. The fourth-order valence-electron chi connectivity index (χ4n) is 2.48. The van der Waals surface area contributed by atoms with Crippen molar-refractivity contribution in [3.8, 4) is 0 Å². The number of carbonyl (C=O) groups excluding carboxylic acids is 1. The molecule has 0 radical (unpaired) electrons. The minimum atomic E-state index is -1.27. The monoisotopic (exact) mass is 271 g/mol. The molecule has 1 unspecified atom stereocenters. The first-order chi connectivity index (χ1) is 9.12. The lowest BCUT2D eigenvalue weighted by Gasteiger charge is -2.24. The minimum Gasteiger partial charge on any atom is -0.479 e. The van der Waals surface area contributed by atoms with E-state index in [-0.39, 0.29) is 6.61 Å². The number of rotatable bonds is 5. The van der Waals surface area contributed by atoms with Gasteiger partial charge in [0.2, 0.25) is 0 Å². The van der Waals surface area contributed by atoms with Crippen LogP contribution in [0.2, 0.25) is 0 Å². The van der Waals surface area contributed by atoms with Crippen molar-refractivity contribution in [3.63, 3.8) is 0 Å². The second kappa shape index (κ2) is 6.21. The smallest absolute Gasteiger partial charge is 0.332 e. The van der Waals surface area contributed by atoms with E-state index in [9.17, 15) is 14.7 Å². The second-order valence-corrected chi connectivity index (χ2v) is 5.12. The van der Waals surface area contributed by atoms with Crippen LogP contribution in [0, 0.1) is 0 Å². The number of carboxylic acid groups (broad SMARTS) is 1. The SMILES string of the molecule is O=C(NCCN1CCCC1)NC1(C(=O)O)CCOC1.